The van der Waals surface area contributed by atoms with Crippen molar-refractivity contribution in [3.63, 3.8) is 0 Å². The van der Waals surface area contributed by atoms with Crippen molar-refractivity contribution in [1.82, 2.24) is 15.3 Å². The Balaban J connectivity index is 1.61. The fraction of sp³-hybridized carbons (Fsp3) is 0.593. The lowest BCUT2D eigenvalue weighted by Crippen LogP contribution is -2.42. The molecule has 2 fully saturated rings. The number of likely N-dealkylation sites (N-methyl/N-ethyl adjacent to an activating group) is 2. The summed E-state index contributed by atoms with van der Waals surface area (Å²) in [6.45, 7) is 18.5. The summed E-state index contributed by atoms with van der Waals surface area (Å²) in [5, 5.41) is 2.11. The average molecular weight is 455 g/mol. The Morgan fingerprint density at radius 3 is 2.61 bits per heavy atom. The lowest BCUT2D eigenvalue weighted by atomic mass is 10.0. The fourth-order valence-electron chi connectivity index (χ4n) is 3.95. The first-order valence-corrected chi connectivity index (χ1v) is 12.2. The van der Waals surface area contributed by atoms with Crippen molar-refractivity contribution >= 4 is 5.90 Å². The summed E-state index contributed by atoms with van der Waals surface area (Å²) in [7, 11) is 4.21. The molecule has 33 heavy (non-hydrogen) atoms. The second-order valence-corrected chi connectivity index (χ2v) is 9.72. The zero-order chi connectivity index (χ0) is 24.0. The monoisotopic (exact) mass is 454 g/mol. The topological polar surface area (TPSA) is 49.3 Å². The summed E-state index contributed by atoms with van der Waals surface area (Å²) < 4.78 is 12.0. The Kier molecular flexibility index (Phi) is 8.98. The minimum absolute atomic E-state index is 0.0973. The van der Waals surface area contributed by atoms with Gasteiger partial charge >= 0.3 is 0 Å². The molecular formula is C27H42N4O2. The highest BCUT2D eigenvalue weighted by atomic mass is 16.5. The van der Waals surface area contributed by atoms with Gasteiger partial charge in [-0.15, -0.1) is 0 Å². The molecule has 182 valence electrons. The first-order chi connectivity index (χ1) is 15.7. The molecule has 0 amide bonds. The summed E-state index contributed by atoms with van der Waals surface area (Å²) in [5.74, 6) is 1.16. The van der Waals surface area contributed by atoms with E-state index in [0.717, 1.165) is 44.2 Å². The summed E-state index contributed by atoms with van der Waals surface area (Å²) >= 11 is 0. The number of hydrogen-bond donors (Lipinski definition) is 1. The van der Waals surface area contributed by atoms with Gasteiger partial charge in [0.1, 0.15) is 18.1 Å². The van der Waals surface area contributed by atoms with Crippen LogP contribution in [0.25, 0.3) is 0 Å². The van der Waals surface area contributed by atoms with Gasteiger partial charge in [0.05, 0.1) is 6.10 Å². The third kappa shape index (κ3) is 7.90. The Morgan fingerprint density at radius 1 is 1.24 bits per heavy atom. The molecule has 0 aromatic heterocycles. The highest BCUT2D eigenvalue weighted by Crippen LogP contribution is 2.28. The molecule has 1 aliphatic heterocycles. The molecule has 1 saturated carbocycles. The maximum Gasteiger partial charge on any atom is 0.192 e. The predicted molar refractivity (Wildman–Crippen MR) is 137 cm³/mol. The van der Waals surface area contributed by atoms with Crippen LogP contribution in [-0.2, 0) is 9.47 Å². The lowest BCUT2D eigenvalue weighted by Gasteiger charge is -2.30. The van der Waals surface area contributed by atoms with Gasteiger partial charge in [0, 0.05) is 31.2 Å². The number of ether oxygens (including phenoxy) is 2. The molecule has 0 spiro atoms. The van der Waals surface area contributed by atoms with Crippen LogP contribution in [0.5, 0.6) is 0 Å². The molecule has 2 aliphatic carbocycles. The first kappa shape index (κ1) is 25.3. The third-order valence-electron chi connectivity index (χ3n) is 6.76. The van der Waals surface area contributed by atoms with Gasteiger partial charge in [0.25, 0.3) is 0 Å². The van der Waals surface area contributed by atoms with Gasteiger partial charge in [-0.25, -0.2) is 10.0 Å². The van der Waals surface area contributed by atoms with E-state index >= 15 is 0 Å². The van der Waals surface area contributed by atoms with Gasteiger partial charge < -0.3 is 19.8 Å². The highest BCUT2D eigenvalue weighted by molar-refractivity contribution is 5.80. The van der Waals surface area contributed by atoms with E-state index in [4.69, 9.17) is 9.47 Å². The normalized spacial score (nSPS) is 22.5. The molecular weight excluding hydrogens is 412 g/mol. The van der Waals surface area contributed by atoms with Crippen molar-refractivity contribution in [2.24, 2.45) is 4.99 Å². The number of rotatable bonds is 12. The number of nitrogens with zero attached hydrogens (tertiary/aromatic N) is 3. The molecule has 3 rings (SSSR count). The molecule has 1 saturated heterocycles. The maximum atomic E-state index is 6.23. The zero-order valence-corrected chi connectivity index (χ0v) is 21.0. The Morgan fingerprint density at radius 2 is 2.00 bits per heavy atom. The Hall–Kier alpha value is -2.31. The number of allylic oxidation sites excluding steroid dienone is 4. The number of nitrogens with one attached hydrogen (secondary N) is 1. The molecule has 0 aromatic carbocycles. The van der Waals surface area contributed by atoms with Crippen LogP contribution in [0.2, 0.25) is 0 Å². The summed E-state index contributed by atoms with van der Waals surface area (Å²) in [4.78, 5) is 7.04. The van der Waals surface area contributed by atoms with Gasteiger partial charge in [-0.1, -0.05) is 31.4 Å². The molecule has 0 radical (unpaired) electrons. The minimum atomic E-state index is 0.0973. The average Bonchev–Trinajstić information content (AvgIpc) is 3.51. The molecule has 6 heteroatoms. The largest absolute Gasteiger partial charge is 0.489 e. The summed E-state index contributed by atoms with van der Waals surface area (Å²) in [6.07, 6.45) is 11.8. The number of hydrazine groups is 1. The predicted octanol–water partition coefficient (Wildman–Crippen LogP) is 5.10. The lowest BCUT2D eigenvalue weighted by molar-refractivity contribution is 0.183. The van der Waals surface area contributed by atoms with E-state index in [0.29, 0.717) is 36.4 Å². The molecule has 3 aliphatic rings. The highest BCUT2D eigenvalue weighted by Gasteiger charge is 2.26. The van der Waals surface area contributed by atoms with Gasteiger partial charge in [0.15, 0.2) is 5.90 Å². The van der Waals surface area contributed by atoms with Crippen LogP contribution in [0.3, 0.4) is 0 Å². The molecule has 6 nitrogen and oxygen atoms in total. The van der Waals surface area contributed by atoms with Crippen LogP contribution in [0.1, 0.15) is 58.8 Å². The molecule has 1 N–H and O–H groups in total. The number of likely N-dealkylation sites (tertiary alicyclic amines) is 1. The van der Waals surface area contributed by atoms with Crippen molar-refractivity contribution in [2.75, 3.05) is 27.2 Å². The zero-order valence-electron chi connectivity index (χ0n) is 21.0. The SMILES string of the molecule is C=C(N=C(CC(=C)[C@H](C)N(C)NC1=CC=C(C)CC1)OCC1CCCN1C)C(=C)OC1CC1. The van der Waals surface area contributed by atoms with Crippen molar-refractivity contribution in [3.8, 4) is 0 Å². The second kappa shape index (κ2) is 11.7. The molecule has 2 atom stereocenters. The number of aliphatic imine (C=N–C) groups is 1. The quantitative estimate of drug-likeness (QED) is 0.111. The van der Waals surface area contributed by atoms with Gasteiger partial charge in [-0.2, -0.15) is 0 Å². The maximum absolute atomic E-state index is 6.23. The molecule has 1 heterocycles. The number of hydrogen-bond acceptors (Lipinski definition) is 6. The van der Waals surface area contributed by atoms with Gasteiger partial charge in [0.2, 0.25) is 0 Å². The first-order valence-electron chi connectivity index (χ1n) is 12.2. The van der Waals surface area contributed by atoms with E-state index in [9.17, 15) is 0 Å². The Bertz CT molecular complexity index is 837. The van der Waals surface area contributed by atoms with Crippen LogP contribution in [-0.4, -0.2) is 61.2 Å². The van der Waals surface area contributed by atoms with E-state index in [2.05, 4.69) is 80.2 Å². The van der Waals surface area contributed by atoms with E-state index in [1.807, 2.05) is 0 Å². The Labute approximate surface area is 200 Å². The van der Waals surface area contributed by atoms with Crippen LogP contribution in [0.4, 0.5) is 0 Å². The molecule has 0 aromatic rings. The molecule has 0 bridgehead atoms. The van der Waals surface area contributed by atoms with Crippen LogP contribution in [0.15, 0.2) is 65.2 Å². The van der Waals surface area contributed by atoms with Crippen molar-refractivity contribution in [1.29, 1.82) is 0 Å². The smallest absolute Gasteiger partial charge is 0.192 e. The van der Waals surface area contributed by atoms with Crippen LogP contribution < -0.4 is 5.43 Å². The fourth-order valence-corrected chi connectivity index (χ4v) is 3.95. The van der Waals surface area contributed by atoms with E-state index in [1.165, 1.54) is 17.7 Å². The summed E-state index contributed by atoms with van der Waals surface area (Å²) in [6, 6.07) is 0.513. The van der Waals surface area contributed by atoms with Gasteiger partial charge in [-0.05, 0) is 77.6 Å². The third-order valence-corrected chi connectivity index (χ3v) is 6.76. The van der Waals surface area contributed by atoms with E-state index < -0.39 is 0 Å². The summed E-state index contributed by atoms with van der Waals surface area (Å²) in [5.41, 5.74) is 7.70. The van der Waals surface area contributed by atoms with Crippen molar-refractivity contribution in [2.45, 2.75) is 77.0 Å². The van der Waals surface area contributed by atoms with Crippen molar-refractivity contribution < 1.29 is 9.47 Å². The standard InChI is InChI=1S/C27H42N4O2/c1-19-10-12-24(13-11-19)29-31(7)22(4)20(2)17-27(32-18-25-9-8-16-30(25)6)28-21(3)23(5)33-26-14-15-26/h10,12,22,25-26,29H,2-3,5,8-9,11,13-18H2,1,4,6-7H3/t22-,25?/m0/s1. The van der Waals surface area contributed by atoms with E-state index in [-0.39, 0.29) is 12.1 Å². The van der Waals surface area contributed by atoms with E-state index in [1.54, 1.807) is 0 Å². The molecule has 1 unspecified atom stereocenters. The van der Waals surface area contributed by atoms with Crippen LogP contribution in [0, 0.1) is 0 Å². The van der Waals surface area contributed by atoms with Crippen molar-refractivity contribution in [3.05, 3.63) is 60.2 Å². The van der Waals surface area contributed by atoms with Gasteiger partial charge in [-0.3, -0.25) is 0 Å². The van der Waals surface area contributed by atoms with Crippen LogP contribution >= 0.6 is 0 Å². The second-order valence-electron chi connectivity index (χ2n) is 9.72. The minimum Gasteiger partial charge on any atom is -0.489 e.